The maximum Gasteiger partial charge on any atom is 0.308 e. The monoisotopic (exact) mass is 269 g/mol. The molecule has 0 radical (unpaired) electrons. The normalized spacial score (nSPS) is 11.9. The first-order valence-electron chi connectivity index (χ1n) is 5.74. The van der Waals surface area contributed by atoms with E-state index in [2.05, 4.69) is 0 Å². The van der Waals surface area contributed by atoms with Crippen molar-refractivity contribution in [1.82, 2.24) is 4.90 Å². The lowest BCUT2D eigenvalue weighted by Crippen LogP contribution is -2.36. The predicted molar refractivity (Wildman–Crippen MR) is 69.8 cm³/mol. The van der Waals surface area contributed by atoms with Gasteiger partial charge in [0, 0.05) is 13.1 Å². The fraction of sp³-hybridized carbons (Fsp3) is 0.385. The van der Waals surface area contributed by atoms with Crippen molar-refractivity contribution >= 4 is 23.5 Å². The van der Waals surface area contributed by atoms with Crippen molar-refractivity contribution in [2.24, 2.45) is 5.92 Å². The number of hydrogen-bond donors (Lipinski definition) is 1. The summed E-state index contributed by atoms with van der Waals surface area (Å²) in [6.07, 6.45) is 0. The molecule has 0 aromatic heterocycles. The molecule has 0 heterocycles. The molecule has 4 nitrogen and oxygen atoms in total. The first-order valence-corrected chi connectivity index (χ1v) is 6.11. The lowest BCUT2D eigenvalue weighted by molar-refractivity contribution is -0.141. The highest BCUT2D eigenvalue weighted by Gasteiger charge is 2.21. The van der Waals surface area contributed by atoms with E-state index in [1.807, 2.05) is 6.92 Å². The van der Waals surface area contributed by atoms with Crippen LogP contribution in [0.4, 0.5) is 0 Å². The van der Waals surface area contributed by atoms with Gasteiger partial charge in [0.25, 0.3) is 5.91 Å². The summed E-state index contributed by atoms with van der Waals surface area (Å²) in [7, 11) is 0. The molecule has 18 heavy (non-hydrogen) atoms. The number of carbonyl (C=O) groups excluding carboxylic acids is 1. The Bertz CT molecular complexity index is 448. The molecule has 0 saturated heterocycles. The number of amides is 1. The predicted octanol–water partition coefficient (Wildman–Crippen LogP) is 2.52. The largest absolute Gasteiger partial charge is 0.481 e. The van der Waals surface area contributed by atoms with E-state index in [9.17, 15) is 9.59 Å². The molecule has 0 spiro atoms. The van der Waals surface area contributed by atoms with E-state index < -0.39 is 11.9 Å². The van der Waals surface area contributed by atoms with Gasteiger partial charge in [-0.1, -0.05) is 30.7 Å². The number of nitrogens with zero attached hydrogens (tertiary/aromatic N) is 1. The van der Waals surface area contributed by atoms with Crippen LogP contribution in [0.2, 0.25) is 5.02 Å². The molecule has 1 unspecified atom stereocenters. The van der Waals surface area contributed by atoms with Gasteiger partial charge in [-0.25, -0.2) is 0 Å². The van der Waals surface area contributed by atoms with E-state index in [0.29, 0.717) is 17.1 Å². The molecule has 0 aliphatic heterocycles. The number of carboxylic acid groups (broad SMARTS) is 1. The van der Waals surface area contributed by atoms with Crippen LogP contribution in [-0.4, -0.2) is 35.0 Å². The summed E-state index contributed by atoms with van der Waals surface area (Å²) in [4.78, 5) is 24.5. The van der Waals surface area contributed by atoms with Gasteiger partial charge in [0.2, 0.25) is 0 Å². The van der Waals surface area contributed by atoms with Crippen molar-refractivity contribution in [2.45, 2.75) is 13.8 Å². The zero-order valence-electron chi connectivity index (χ0n) is 10.4. The van der Waals surface area contributed by atoms with Crippen LogP contribution in [0.15, 0.2) is 24.3 Å². The van der Waals surface area contributed by atoms with Crippen molar-refractivity contribution in [3.63, 3.8) is 0 Å². The summed E-state index contributed by atoms with van der Waals surface area (Å²) in [5.41, 5.74) is 0.401. The minimum atomic E-state index is -0.916. The highest BCUT2D eigenvalue weighted by atomic mass is 35.5. The Balaban J connectivity index is 2.86. The average Bonchev–Trinajstić information content (AvgIpc) is 2.35. The van der Waals surface area contributed by atoms with Gasteiger partial charge in [-0.15, -0.1) is 0 Å². The fourth-order valence-electron chi connectivity index (χ4n) is 1.57. The van der Waals surface area contributed by atoms with E-state index in [0.717, 1.165) is 0 Å². The van der Waals surface area contributed by atoms with Crippen LogP contribution in [0.3, 0.4) is 0 Å². The minimum absolute atomic E-state index is 0.176. The lowest BCUT2D eigenvalue weighted by Gasteiger charge is -2.23. The second kappa shape index (κ2) is 6.40. The summed E-state index contributed by atoms with van der Waals surface area (Å²) in [6, 6.07) is 6.75. The Hall–Kier alpha value is -1.55. The molecule has 1 rings (SSSR count). The van der Waals surface area contributed by atoms with Crippen molar-refractivity contribution in [2.75, 3.05) is 13.1 Å². The van der Waals surface area contributed by atoms with Crippen LogP contribution in [0.25, 0.3) is 0 Å². The average molecular weight is 270 g/mol. The number of hydrogen-bond acceptors (Lipinski definition) is 2. The molecule has 0 fully saturated rings. The Kier molecular flexibility index (Phi) is 5.16. The van der Waals surface area contributed by atoms with Crippen LogP contribution in [-0.2, 0) is 4.79 Å². The van der Waals surface area contributed by atoms with Crippen LogP contribution < -0.4 is 0 Å². The topological polar surface area (TPSA) is 57.6 Å². The molecule has 1 amide bonds. The van der Waals surface area contributed by atoms with Crippen LogP contribution in [0.1, 0.15) is 24.2 Å². The summed E-state index contributed by atoms with van der Waals surface area (Å²) >= 11 is 5.96. The van der Waals surface area contributed by atoms with Gasteiger partial charge < -0.3 is 10.0 Å². The molecular weight excluding hydrogens is 254 g/mol. The minimum Gasteiger partial charge on any atom is -0.481 e. The lowest BCUT2D eigenvalue weighted by atomic mass is 10.1. The van der Waals surface area contributed by atoms with Gasteiger partial charge >= 0.3 is 5.97 Å². The SMILES string of the molecule is CCN(CC(C)C(=O)O)C(=O)c1ccccc1Cl. The number of aliphatic carboxylic acids is 1. The fourth-order valence-corrected chi connectivity index (χ4v) is 1.79. The Morgan fingerprint density at radius 2 is 2.00 bits per heavy atom. The molecule has 0 saturated carbocycles. The molecule has 98 valence electrons. The maximum absolute atomic E-state index is 12.2. The van der Waals surface area contributed by atoms with Crippen LogP contribution >= 0.6 is 11.6 Å². The van der Waals surface area contributed by atoms with Crippen molar-refractivity contribution in [3.8, 4) is 0 Å². The maximum atomic E-state index is 12.2. The molecule has 0 bridgehead atoms. The molecule has 0 aliphatic carbocycles. The zero-order chi connectivity index (χ0) is 13.7. The van der Waals surface area contributed by atoms with Crippen LogP contribution in [0, 0.1) is 5.92 Å². The molecule has 1 atom stereocenters. The number of carbonyl (C=O) groups is 2. The smallest absolute Gasteiger partial charge is 0.308 e. The molecular formula is C13H16ClNO3. The number of benzene rings is 1. The third kappa shape index (κ3) is 3.47. The first-order chi connectivity index (χ1) is 8.47. The van der Waals surface area contributed by atoms with E-state index in [1.54, 1.807) is 31.2 Å². The summed E-state index contributed by atoms with van der Waals surface area (Å²) < 4.78 is 0. The van der Waals surface area contributed by atoms with Gasteiger partial charge in [0.1, 0.15) is 0 Å². The summed E-state index contributed by atoms with van der Waals surface area (Å²) in [6.45, 7) is 4.01. The summed E-state index contributed by atoms with van der Waals surface area (Å²) in [5, 5.41) is 9.25. The van der Waals surface area contributed by atoms with E-state index in [-0.39, 0.29) is 12.5 Å². The second-order valence-electron chi connectivity index (χ2n) is 4.06. The van der Waals surface area contributed by atoms with E-state index in [4.69, 9.17) is 16.7 Å². The zero-order valence-corrected chi connectivity index (χ0v) is 11.1. The number of carboxylic acids is 1. The highest BCUT2D eigenvalue weighted by molar-refractivity contribution is 6.33. The summed E-state index contributed by atoms with van der Waals surface area (Å²) in [5.74, 6) is -1.76. The third-order valence-corrected chi connectivity index (χ3v) is 3.02. The molecule has 0 aliphatic rings. The van der Waals surface area contributed by atoms with Gasteiger partial charge in [0.05, 0.1) is 16.5 Å². The highest BCUT2D eigenvalue weighted by Crippen LogP contribution is 2.17. The molecule has 1 aromatic rings. The Morgan fingerprint density at radius 3 is 2.50 bits per heavy atom. The Labute approximate surface area is 111 Å². The quantitative estimate of drug-likeness (QED) is 0.894. The molecule has 1 aromatic carbocycles. The van der Waals surface area contributed by atoms with Crippen LogP contribution in [0.5, 0.6) is 0 Å². The van der Waals surface area contributed by atoms with Gasteiger partial charge in [-0.3, -0.25) is 9.59 Å². The number of halogens is 1. The van der Waals surface area contributed by atoms with Gasteiger partial charge in [-0.2, -0.15) is 0 Å². The Morgan fingerprint density at radius 1 is 1.39 bits per heavy atom. The van der Waals surface area contributed by atoms with Crippen molar-refractivity contribution in [1.29, 1.82) is 0 Å². The van der Waals surface area contributed by atoms with Crippen molar-refractivity contribution in [3.05, 3.63) is 34.9 Å². The van der Waals surface area contributed by atoms with E-state index in [1.165, 1.54) is 4.90 Å². The van der Waals surface area contributed by atoms with Gasteiger partial charge in [0.15, 0.2) is 0 Å². The van der Waals surface area contributed by atoms with Crippen molar-refractivity contribution < 1.29 is 14.7 Å². The standard InChI is InChI=1S/C13H16ClNO3/c1-3-15(8-9(2)13(17)18)12(16)10-6-4-5-7-11(10)14/h4-7,9H,3,8H2,1-2H3,(H,17,18). The first kappa shape index (κ1) is 14.5. The molecule has 1 N–H and O–H groups in total. The number of rotatable bonds is 5. The van der Waals surface area contributed by atoms with Gasteiger partial charge in [-0.05, 0) is 19.1 Å². The third-order valence-electron chi connectivity index (χ3n) is 2.69. The molecule has 5 heteroatoms. The second-order valence-corrected chi connectivity index (χ2v) is 4.47. The van der Waals surface area contributed by atoms with E-state index >= 15 is 0 Å².